The molecular weight excluding hydrogens is 459 g/mol. The number of rotatable bonds is 7. The summed E-state index contributed by atoms with van der Waals surface area (Å²) in [6.07, 6.45) is 1.20. The molecule has 0 aromatic heterocycles. The molecule has 7 nitrogen and oxygen atoms in total. The highest BCUT2D eigenvalue weighted by Crippen LogP contribution is 2.38. The maximum Gasteiger partial charge on any atom is 0.269 e. The molecule has 2 aliphatic rings. The minimum Gasteiger partial charge on any atom is -0.365 e. The Kier molecular flexibility index (Phi) is 6.95. The molecular formula is C28H29FN4O3. The van der Waals surface area contributed by atoms with Gasteiger partial charge in [0.2, 0.25) is 5.91 Å². The Morgan fingerprint density at radius 3 is 2.56 bits per heavy atom. The van der Waals surface area contributed by atoms with Crippen molar-refractivity contribution < 1.29 is 14.1 Å². The molecule has 8 heteroatoms. The van der Waals surface area contributed by atoms with Crippen LogP contribution in [0.1, 0.15) is 16.7 Å². The standard InChI is InChI=1S/C28H29FN4O3/c29-23-8-6-21(7-9-23)18-31-14-15-32-26-11-10-24(33(35)36)16-22(26)17-25(27(32)19-31)28(34)30-13-12-20-4-2-1-3-5-20/h1-11,16,25,27H,12-15,17-19H2,(H,30,34)/t25-,27-/m0/s1. The lowest BCUT2D eigenvalue weighted by Gasteiger charge is -2.49. The SMILES string of the molecule is O=C(NCCc1ccccc1)[C@H]1Cc2cc([N+](=O)[O-])ccc2N2CCN(Cc3ccc(F)cc3)C[C@@H]12. The van der Waals surface area contributed by atoms with Crippen LogP contribution in [0.2, 0.25) is 0 Å². The summed E-state index contributed by atoms with van der Waals surface area (Å²) in [4.78, 5) is 29.0. The molecule has 3 aromatic rings. The molecule has 0 spiro atoms. The third-order valence-electron chi connectivity index (χ3n) is 7.20. The molecule has 1 fully saturated rings. The maximum absolute atomic E-state index is 13.4. The van der Waals surface area contributed by atoms with Gasteiger partial charge in [0.1, 0.15) is 5.82 Å². The van der Waals surface area contributed by atoms with Crippen LogP contribution in [0.5, 0.6) is 0 Å². The van der Waals surface area contributed by atoms with E-state index in [2.05, 4.69) is 15.1 Å². The van der Waals surface area contributed by atoms with Crippen molar-refractivity contribution in [3.8, 4) is 0 Å². The first-order chi connectivity index (χ1) is 17.5. The number of carbonyl (C=O) groups is 1. The van der Waals surface area contributed by atoms with Gasteiger partial charge in [-0.15, -0.1) is 0 Å². The summed E-state index contributed by atoms with van der Waals surface area (Å²) in [6.45, 7) is 3.40. The van der Waals surface area contributed by atoms with E-state index in [1.54, 1.807) is 24.3 Å². The number of hydrogen-bond acceptors (Lipinski definition) is 5. The Balaban J connectivity index is 1.35. The third kappa shape index (κ3) is 5.23. The van der Waals surface area contributed by atoms with E-state index < -0.39 is 0 Å². The number of non-ortho nitro benzene ring substituents is 1. The summed E-state index contributed by atoms with van der Waals surface area (Å²) in [6, 6.07) is 21.5. The number of carbonyl (C=O) groups excluding carboxylic acids is 1. The largest absolute Gasteiger partial charge is 0.365 e. The van der Waals surface area contributed by atoms with Crippen molar-refractivity contribution in [1.82, 2.24) is 10.2 Å². The molecule has 1 amide bonds. The summed E-state index contributed by atoms with van der Waals surface area (Å²) in [5, 5.41) is 14.5. The van der Waals surface area contributed by atoms with Gasteiger partial charge in [-0.05, 0) is 47.7 Å². The van der Waals surface area contributed by atoms with E-state index in [4.69, 9.17) is 0 Å². The molecule has 0 unspecified atom stereocenters. The van der Waals surface area contributed by atoms with Crippen LogP contribution in [0, 0.1) is 21.8 Å². The maximum atomic E-state index is 13.4. The average Bonchev–Trinajstić information content (AvgIpc) is 2.89. The summed E-state index contributed by atoms with van der Waals surface area (Å²) in [5.74, 6) is -0.609. The molecule has 5 rings (SSSR count). The minimum atomic E-state index is -0.387. The Hall–Kier alpha value is -3.78. The second-order valence-corrected chi connectivity index (χ2v) is 9.53. The molecule has 0 saturated carbocycles. The van der Waals surface area contributed by atoms with E-state index in [1.807, 2.05) is 36.4 Å². The van der Waals surface area contributed by atoms with E-state index in [9.17, 15) is 19.3 Å². The topological polar surface area (TPSA) is 78.7 Å². The number of nitro benzene ring substituents is 1. The summed E-state index contributed by atoms with van der Waals surface area (Å²) < 4.78 is 13.3. The summed E-state index contributed by atoms with van der Waals surface area (Å²) in [7, 11) is 0. The predicted molar refractivity (Wildman–Crippen MR) is 136 cm³/mol. The number of piperazine rings is 1. The number of nitro groups is 1. The van der Waals surface area contributed by atoms with E-state index in [-0.39, 0.29) is 34.3 Å². The molecule has 0 bridgehead atoms. The van der Waals surface area contributed by atoms with Gasteiger partial charge in [-0.2, -0.15) is 0 Å². The average molecular weight is 489 g/mol. The highest BCUT2D eigenvalue weighted by molar-refractivity contribution is 5.82. The lowest BCUT2D eigenvalue weighted by molar-refractivity contribution is -0.384. The number of amides is 1. The molecule has 2 aliphatic heterocycles. The smallest absolute Gasteiger partial charge is 0.269 e. The zero-order valence-electron chi connectivity index (χ0n) is 20.0. The van der Waals surface area contributed by atoms with Gasteiger partial charge in [0.25, 0.3) is 5.69 Å². The normalized spacial score (nSPS) is 19.3. The zero-order chi connectivity index (χ0) is 25.1. The Bertz CT molecular complexity index is 1240. The van der Waals surface area contributed by atoms with Gasteiger partial charge in [0.05, 0.1) is 16.9 Å². The van der Waals surface area contributed by atoms with Crippen molar-refractivity contribution >= 4 is 17.3 Å². The summed E-state index contributed by atoms with van der Waals surface area (Å²) >= 11 is 0. The van der Waals surface area contributed by atoms with Crippen LogP contribution in [0.25, 0.3) is 0 Å². The first-order valence-electron chi connectivity index (χ1n) is 12.3. The molecule has 0 radical (unpaired) electrons. The quantitative estimate of drug-likeness (QED) is 0.402. The van der Waals surface area contributed by atoms with Crippen molar-refractivity contribution in [2.45, 2.75) is 25.4 Å². The number of nitrogens with one attached hydrogen (secondary N) is 1. The van der Waals surface area contributed by atoms with Crippen molar-refractivity contribution in [3.63, 3.8) is 0 Å². The van der Waals surface area contributed by atoms with Gasteiger partial charge in [-0.3, -0.25) is 19.8 Å². The molecule has 1 saturated heterocycles. The second kappa shape index (κ2) is 10.5. The number of hydrogen-bond donors (Lipinski definition) is 1. The molecule has 186 valence electrons. The highest BCUT2D eigenvalue weighted by Gasteiger charge is 2.41. The van der Waals surface area contributed by atoms with Gasteiger partial charge in [0.15, 0.2) is 0 Å². The monoisotopic (exact) mass is 488 g/mol. The molecule has 36 heavy (non-hydrogen) atoms. The van der Waals surface area contributed by atoms with Crippen LogP contribution >= 0.6 is 0 Å². The van der Waals surface area contributed by atoms with Crippen molar-refractivity contribution in [2.75, 3.05) is 31.1 Å². The minimum absolute atomic E-state index is 0.0262. The third-order valence-corrected chi connectivity index (χ3v) is 7.20. The lowest BCUT2D eigenvalue weighted by Crippen LogP contribution is -2.61. The van der Waals surface area contributed by atoms with Gasteiger partial charge < -0.3 is 10.2 Å². The number of nitrogens with zero attached hydrogens (tertiary/aromatic N) is 3. The van der Waals surface area contributed by atoms with Crippen LogP contribution in [0.3, 0.4) is 0 Å². The first kappa shape index (κ1) is 23.9. The van der Waals surface area contributed by atoms with E-state index in [0.717, 1.165) is 35.3 Å². The Morgan fingerprint density at radius 2 is 1.81 bits per heavy atom. The zero-order valence-corrected chi connectivity index (χ0v) is 20.0. The van der Waals surface area contributed by atoms with Crippen LogP contribution < -0.4 is 10.2 Å². The van der Waals surface area contributed by atoms with Gasteiger partial charge in [-0.25, -0.2) is 4.39 Å². The second-order valence-electron chi connectivity index (χ2n) is 9.53. The Labute approximate surface area is 209 Å². The number of fused-ring (bicyclic) bond motifs is 3. The number of benzene rings is 3. The first-order valence-corrected chi connectivity index (χ1v) is 12.3. The van der Waals surface area contributed by atoms with E-state index in [1.165, 1.54) is 12.1 Å². The predicted octanol–water partition coefficient (Wildman–Crippen LogP) is 3.96. The molecule has 0 aliphatic carbocycles. The Morgan fingerprint density at radius 1 is 1.03 bits per heavy atom. The lowest BCUT2D eigenvalue weighted by atomic mass is 9.83. The fraction of sp³-hybridized carbons (Fsp3) is 0.321. The highest BCUT2D eigenvalue weighted by atomic mass is 19.1. The van der Waals surface area contributed by atoms with Crippen molar-refractivity contribution in [2.24, 2.45) is 5.92 Å². The van der Waals surface area contributed by atoms with Gasteiger partial charge in [-0.1, -0.05) is 42.5 Å². The van der Waals surface area contributed by atoms with Crippen LogP contribution in [-0.4, -0.2) is 48.0 Å². The molecule has 2 heterocycles. The van der Waals surface area contributed by atoms with Gasteiger partial charge >= 0.3 is 0 Å². The fourth-order valence-corrected chi connectivity index (χ4v) is 5.38. The molecule has 3 aromatic carbocycles. The van der Waals surface area contributed by atoms with Crippen LogP contribution in [0.4, 0.5) is 15.8 Å². The summed E-state index contributed by atoms with van der Waals surface area (Å²) in [5.41, 5.74) is 4.05. The molecule has 2 atom stereocenters. The van der Waals surface area contributed by atoms with Crippen molar-refractivity contribution in [3.05, 3.63) is 105 Å². The van der Waals surface area contributed by atoms with Crippen molar-refractivity contribution in [1.29, 1.82) is 0 Å². The molecule has 1 N–H and O–H groups in total. The van der Waals surface area contributed by atoms with Gasteiger partial charge in [0, 0.05) is 50.5 Å². The van der Waals surface area contributed by atoms with E-state index >= 15 is 0 Å². The van der Waals surface area contributed by atoms with E-state index in [0.29, 0.717) is 32.6 Å². The van der Waals surface area contributed by atoms with Crippen LogP contribution in [0.15, 0.2) is 72.8 Å². The fourth-order valence-electron chi connectivity index (χ4n) is 5.38. The van der Waals surface area contributed by atoms with Crippen LogP contribution in [-0.2, 0) is 24.2 Å². The number of halogens is 1. The number of anilines is 1.